The van der Waals surface area contributed by atoms with Gasteiger partial charge >= 0.3 is 0 Å². The van der Waals surface area contributed by atoms with Gasteiger partial charge in [-0.1, -0.05) is 12.1 Å². The summed E-state index contributed by atoms with van der Waals surface area (Å²) in [7, 11) is 0. The zero-order valence-corrected chi connectivity index (χ0v) is 16.0. The van der Waals surface area contributed by atoms with Gasteiger partial charge < -0.3 is 20.7 Å². The molecule has 0 aromatic heterocycles. The molecule has 132 valence electrons. The van der Waals surface area contributed by atoms with E-state index < -0.39 is 0 Å². The first-order chi connectivity index (χ1) is 11.3. The Labute approximate surface area is 159 Å². The van der Waals surface area contributed by atoms with E-state index in [9.17, 15) is 4.79 Å². The Bertz CT molecular complexity index is 573. The molecule has 1 amide bonds. The number of ether oxygens (including phenoxy) is 1. The predicted octanol–water partition coefficient (Wildman–Crippen LogP) is 1.65. The molecule has 2 heterocycles. The second kappa shape index (κ2) is 9.83. The Morgan fingerprint density at radius 3 is 3.04 bits per heavy atom. The van der Waals surface area contributed by atoms with Gasteiger partial charge in [-0.3, -0.25) is 9.79 Å². The van der Waals surface area contributed by atoms with Crippen LogP contribution in [0.2, 0.25) is 0 Å². The molecule has 24 heavy (non-hydrogen) atoms. The molecule has 3 rings (SSSR count). The molecule has 1 aromatic carbocycles. The van der Waals surface area contributed by atoms with Crippen LogP contribution in [0.4, 0.5) is 0 Å². The predicted molar refractivity (Wildman–Crippen MR) is 105 cm³/mol. The van der Waals surface area contributed by atoms with Gasteiger partial charge in [0.2, 0.25) is 0 Å². The molecule has 7 heteroatoms. The number of halogens is 1. The zero-order valence-electron chi connectivity index (χ0n) is 13.7. The molecule has 3 N–H and O–H groups in total. The highest BCUT2D eigenvalue weighted by atomic mass is 127. The summed E-state index contributed by atoms with van der Waals surface area (Å²) in [4.78, 5) is 16.6. The van der Waals surface area contributed by atoms with Gasteiger partial charge in [0, 0.05) is 38.3 Å². The lowest BCUT2D eigenvalue weighted by atomic mass is 10.1. The standard InChI is InChI=1S/C17H24N4O2.HI/c22-16(20-12-15-6-2-9-23-15)14-5-1-4-13(10-14)11-21-17-18-7-3-8-19-17;/h1,4-5,10,15H,2-3,6-9,11-12H2,(H,20,22)(H2,18,19,21);1H. The first-order valence-corrected chi connectivity index (χ1v) is 8.32. The van der Waals surface area contributed by atoms with Crippen LogP contribution in [0, 0.1) is 0 Å². The Kier molecular flexibility index (Phi) is 7.77. The van der Waals surface area contributed by atoms with Crippen LogP contribution in [-0.4, -0.2) is 44.2 Å². The third-order valence-electron chi connectivity index (χ3n) is 4.06. The Morgan fingerprint density at radius 1 is 1.38 bits per heavy atom. The Hall–Kier alpha value is -1.35. The van der Waals surface area contributed by atoms with Crippen molar-refractivity contribution in [1.82, 2.24) is 16.0 Å². The molecule has 0 radical (unpaired) electrons. The van der Waals surface area contributed by atoms with Gasteiger partial charge in [-0.25, -0.2) is 0 Å². The highest BCUT2D eigenvalue weighted by Crippen LogP contribution is 2.11. The van der Waals surface area contributed by atoms with Crippen LogP contribution in [0.25, 0.3) is 0 Å². The van der Waals surface area contributed by atoms with Crippen molar-refractivity contribution in [3.8, 4) is 0 Å². The normalized spacial score (nSPS) is 19.7. The largest absolute Gasteiger partial charge is 0.376 e. The molecule has 1 fully saturated rings. The summed E-state index contributed by atoms with van der Waals surface area (Å²) in [5.41, 5.74) is 1.74. The number of aliphatic imine (C=N–C) groups is 1. The average molecular weight is 444 g/mol. The van der Waals surface area contributed by atoms with Crippen LogP contribution >= 0.6 is 24.0 Å². The minimum Gasteiger partial charge on any atom is -0.376 e. The van der Waals surface area contributed by atoms with Crippen molar-refractivity contribution < 1.29 is 9.53 Å². The summed E-state index contributed by atoms with van der Waals surface area (Å²) in [6.07, 6.45) is 3.35. The van der Waals surface area contributed by atoms with Crippen molar-refractivity contribution in [2.45, 2.75) is 31.9 Å². The lowest BCUT2D eigenvalue weighted by Crippen LogP contribution is -2.40. The minimum atomic E-state index is -0.0459. The van der Waals surface area contributed by atoms with Gasteiger partial charge in [0.05, 0.1) is 6.10 Å². The van der Waals surface area contributed by atoms with Crippen LogP contribution in [0.15, 0.2) is 29.3 Å². The number of carbonyl (C=O) groups is 1. The Morgan fingerprint density at radius 2 is 2.29 bits per heavy atom. The zero-order chi connectivity index (χ0) is 15.9. The molecule has 1 saturated heterocycles. The van der Waals surface area contributed by atoms with E-state index in [-0.39, 0.29) is 36.0 Å². The summed E-state index contributed by atoms with van der Waals surface area (Å²) in [6.45, 7) is 3.86. The maximum atomic E-state index is 12.2. The van der Waals surface area contributed by atoms with E-state index in [0.717, 1.165) is 50.5 Å². The number of benzene rings is 1. The number of nitrogens with zero attached hydrogens (tertiary/aromatic N) is 1. The second-order valence-electron chi connectivity index (χ2n) is 5.91. The Balaban J connectivity index is 0.00000208. The molecule has 2 aliphatic rings. The average Bonchev–Trinajstić information content (AvgIpc) is 3.12. The molecular formula is C17H25IN4O2. The number of amides is 1. The first kappa shape index (κ1) is 19.0. The smallest absolute Gasteiger partial charge is 0.251 e. The summed E-state index contributed by atoms with van der Waals surface area (Å²) >= 11 is 0. The lowest BCUT2D eigenvalue weighted by Gasteiger charge is -2.16. The lowest BCUT2D eigenvalue weighted by molar-refractivity contribution is 0.0857. The molecule has 0 aliphatic carbocycles. The molecule has 0 spiro atoms. The van der Waals surface area contributed by atoms with Gasteiger partial charge in [-0.15, -0.1) is 24.0 Å². The maximum absolute atomic E-state index is 12.2. The summed E-state index contributed by atoms with van der Waals surface area (Å²) in [5.74, 6) is 0.792. The van der Waals surface area contributed by atoms with Crippen LogP contribution in [0.1, 0.15) is 35.2 Å². The van der Waals surface area contributed by atoms with Crippen molar-refractivity contribution in [3.63, 3.8) is 0 Å². The van der Waals surface area contributed by atoms with Crippen LogP contribution in [0.5, 0.6) is 0 Å². The van der Waals surface area contributed by atoms with Crippen LogP contribution in [-0.2, 0) is 11.3 Å². The topological polar surface area (TPSA) is 74.8 Å². The molecule has 0 saturated carbocycles. The number of nitrogens with one attached hydrogen (secondary N) is 3. The fraction of sp³-hybridized carbons (Fsp3) is 0.529. The van der Waals surface area contributed by atoms with Crippen LogP contribution in [0.3, 0.4) is 0 Å². The molecule has 2 aliphatic heterocycles. The minimum absolute atomic E-state index is 0. The van der Waals surface area contributed by atoms with Crippen molar-refractivity contribution in [2.75, 3.05) is 26.2 Å². The van der Waals surface area contributed by atoms with Crippen molar-refractivity contribution in [3.05, 3.63) is 35.4 Å². The highest BCUT2D eigenvalue weighted by Gasteiger charge is 2.16. The van der Waals surface area contributed by atoms with Gasteiger partial charge in [0.25, 0.3) is 5.91 Å². The molecule has 1 aromatic rings. The quantitative estimate of drug-likeness (QED) is 0.604. The first-order valence-electron chi connectivity index (χ1n) is 8.32. The summed E-state index contributed by atoms with van der Waals surface area (Å²) in [6, 6.07) is 7.67. The van der Waals surface area contributed by atoms with Crippen molar-refractivity contribution >= 4 is 35.8 Å². The fourth-order valence-electron chi connectivity index (χ4n) is 2.77. The van der Waals surface area contributed by atoms with Gasteiger partial charge in [0.15, 0.2) is 5.96 Å². The molecular weight excluding hydrogens is 419 g/mol. The molecule has 6 nitrogen and oxygen atoms in total. The summed E-state index contributed by atoms with van der Waals surface area (Å²) in [5, 5.41) is 9.45. The number of rotatable bonds is 5. The fourth-order valence-corrected chi connectivity index (χ4v) is 2.77. The monoisotopic (exact) mass is 444 g/mol. The molecule has 1 atom stereocenters. The van der Waals surface area contributed by atoms with Gasteiger partial charge in [0.1, 0.15) is 0 Å². The van der Waals surface area contributed by atoms with E-state index in [1.807, 2.05) is 24.3 Å². The molecule has 0 bridgehead atoms. The number of hydrogen-bond donors (Lipinski definition) is 3. The maximum Gasteiger partial charge on any atom is 0.251 e. The van der Waals surface area contributed by atoms with E-state index in [0.29, 0.717) is 18.7 Å². The van der Waals surface area contributed by atoms with Gasteiger partial charge in [-0.2, -0.15) is 0 Å². The third-order valence-corrected chi connectivity index (χ3v) is 4.06. The van der Waals surface area contributed by atoms with E-state index in [2.05, 4.69) is 20.9 Å². The number of hydrogen-bond acceptors (Lipinski definition) is 5. The van der Waals surface area contributed by atoms with E-state index >= 15 is 0 Å². The van der Waals surface area contributed by atoms with E-state index in [4.69, 9.17) is 4.74 Å². The summed E-state index contributed by atoms with van der Waals surface area (Å²) < 4.78 is 5.52. The van der Waals surface area contributed by atoms with Gasteiger partial charge in [-0.05, 0) is 37.0 Å². The van der Waals surface area contributed by atoms with Crippen molar-refractivity contribution in [1.29, 1.82) is 0 Å². The second-order valence-corrected chi connectivity index (χ2v) is 5.91. The number of guanidine groups is 1. The van der Waals surface area contributed by atoms with Crippen molar-refractivity contribution in [2.24, 2.45) is 4.99 Å². The van der Waals surface area contributed by atoms with E-state index in [1.165, 1.54) is 0 Å². The van der Waals surface area contributed by atoms with E-state index in [1.54, 1.807) is 0 Å². The third kappa shape index (κ3) is 5.62. The molecule has 1 unspecified atom stereocenters. The number of carbonyl (C=O) groups excluding carboxylic acids is 1. The SMILES string of the molecule is I.O=C(NCC1CCCO1)c1cccc(CNC2=NCCCN2)c1. The highest BCUT2D eigenvalue weighted by molar-refractivity contribution is 14.0. The van der Waals surface area contributed by atoms with Crippen LogP contribution < -0.4 is 16.0 Å².